The molecule has 2 rings (SSSR count). The Balaban J connectivity index is 1.97. The first kappa shape index (κ1) is 21.5. The molecule has 0 aliphatic rings. The van der Waals surface area contributed by atoms with E-state index in [1.165, 1.54) is 6.92 Å². The van der Waals surface area contributed by atoms with Gasteiger partial charge in [-0.15, -0.1) is 0 Å². The summed E-state index contributed by atoms with van der Waals surface area (Å²) >= 11 is 1.56. The molecule has 0 fully saturated rings. The number of para-hydroxylation sites is 1. The molecule has 0 aliphatic heterocycles. The summed E-state index contributed by atoms with van der Waals surface area (Å²) in [5.41, 5.74) is 1.08. The summed E-state index contributed by atoms with van der Waals surface area (Å²) in [5.74, 6) is -0.754. The highest BCUT2D eigenvalue weighted by atomic mass is 32.2. The first-order valence-electron chi connectivity index (χ1n) is 8.92. The number of amides is 2. The van der Waals surface area contributed by atoms with Gasteiger partial charge in [0.2, 0.25) is 0 Å². The summed E-state index contributed by atoms with van der Waals surface area (Å²) in [6.07, 6.45) is 1.33. The van der Waals surface area contributed by atoms with Gasteiger partial charge in [-0.2, -0.15) is 11.8 Å². The lowest BCUT2D eigenvalue weighted by molar-refractivity contribution is -0.155. The van der Waals surface area contributed by atoms with Crippen molar-refractivity contribution in [3.8, 4) is 0 Å². The van der Waals surface area contributed by atoms with E-state index in [-0.39, 0.29) is 5.91 Å². The lowest BCUT2D eigenvalue weighted by atomic mass is 10.1. The van der Waals surface area contributed by atoms with Crippen LogP contribution in [0.15, 0.2) is 60.7 Å². The Morgan fingerprint density at radius 1 is 1.00 bits per heavy atom. The van der Waals surface area contributed by atoms with Crippen LogP contribution in [0, 0.1) is 0 Å². The van der Waals surface area contributed by atoms with Crippen molar-refractivity contribution in [1.82, 2.24) is 5.32 Å². The molecule has 7 heteroatoms. The van der Waals surface area contributed by atoms with E-state index in [9.17, 15) is 14.4 Å². The number of carbonyl (C=O) groups excluding carboxylic acids is 3. The monoisotopic (exact) mass is 400 g/mol. The summed E-state index contributed by atoms with van der Waals surface area (Å²) < 4.78 is 5.31. The number of thioether (sulfide) groups is 1. The van der Waals surface area contributed by atoms with Crippen LogP contribution < -0.4 is 10.6 Å². The average molecular weight is 401 g/mol. The maximum atomic E-state index is 12.6. The van der Waals surface area contributed by atoms with E-state index in [0.29, 0.717) is 23.4 Å². The van der Waals surface area contributed by atoms with Crippen molar-refractivity contribution in [3.63, 3.8) is 0 Å². The molecule has 6 nitrogen and oxygen atoms in total. The zero-order valence-corrected chi connectivity index (χ0v) is 16.7. The van der Waals surface area contributed by atoms with Crippen molar-refractivity contribution in [3.05, 3.63) is 66.2 Å². The molecule has 0 aliphatic carbocycles. The van der Waals surface area contributed by atoms with Crippen LogP contribution in [0.2, 0.25) is 0 Å². The molecule has 0 aromatic heterocycles. The third kappa shape index (κ3) is 6.74. The summed E-state index contributed by atoms with van der Waals surface area (Å²) in [6, 6.07) is 16.7. The molecule has 0 spiro atoms. The number of nitrogens with one attached hydrogen (secondary N) is 2. The molecule has 2 N–H and O–H groups in total. The van der Waals surface area contributed by atoms with Crippen LogP contribution in [-0.2, 0) is 14.3 Å². The van der Waals surface area contributed by atoms with E-state index in [0.717, 1.165) is 0 Å². The van der Waals surface area contributed by atoms with E-state index in [1.807, 2.05) is 18.4 Å². The van der Waals surface area contributed by atoms with Crippen LogP contribution in [0.5, 0.6) is 0 Å². The van der Waals surface area contributed by atoms with Gasteiger partial charge in [0.25, 0.3) is 11.8 Å². The van der Waals surface area contributed by atoms with E-state index >= 15 is 0 Å². The Bertz CT molecular complexity index is 784. The maximum absolute atomic E-state index is 12.6. The van der Waals surface area contributed by atoms with E-state index < -0.39 is 24.0 Å². The molecule has 0 radical (unpaired) electrons. The molecule has 0 saturated heterocycles. The minimum absolute atomic E-state index is 0.356. The van der Waals surface area contributed by atoms with Gasteiger partial charge in [-0.25, -0.2) is 4.79 Å². The summed E-state index contributed by atoms with van der Waals surface area (Å²) in [5, 5.41) is 5.39. The SMILES string of the molecule is CSCC[C@@H](NC(=O)c1ccccc1)C(=O)O[C@H](C)C(=O)Nc1ccccc1. The van der Waals surface area contributed by atoms with Crippen molar-refractivity contribution in [2.24, 2.45) is 0 Å². The molecule has 0 bridgehead atoms. The van der Waals surface area contributed by atoms with Gasteiger partial charge in [0.15, 0.2) is 6.10 Å². The number of esters is 1. The van der Waals surface area contributed by atoms with Gasteiger partial charge in [0.05, 0.1) is 0 Å². The highest BCUT2D eigenvalue weighted by Gasteiger charge is 2.26. The molecule has 28 heavy (non-hydrogen) atoms. The lowest BCUT2D eigenvalue weighted by Gasteiger charge is -2.20. The maximum Gasteiger partial charge on any atom is 0.329 e. The minimum atomic E-state index is -0.988. The number of carbonyl (C=O) groups is 3. The predicted molar refractivity (Wildman–Crippen MR) is 111 cm³/mol. The summed E-state index contributed by atoms with van der Waals surface area (Å²) in [6.45, 7) is 1.50. The number of anilines is 1. The zero-order chi connectivity index (χ0) is 20.4. The number of ether oxygens (including phenoxy) is 1. The van der Waals surface area contributed by atoms with Gasteiger partial charge in [-0.3, -0.25) is 9.59 Å². The third-order valence-corrected chi connectivity index (χ3v) is 4.58. The second-order valence-corrected chi connectivity index (χ2v) is 7.09. The molecule has 2 aromatic rings. The highest BCUT2D eigenvalue weighted by Crippen LogP contribution is 2.09. The molecule has 148 valence electrons. The number of rotatable bonds is 9. The Labute approximate surface area is 169 Å². The van der Waals surface area contributed by atoms with Crippen molar-refractivity contribution in [2.75, 3.05) is 17.3 Å². The van der Waals surface area contributed by atoms with Crippen molar-refractivity contribution in [2.45, 2.75) is 25.5 Å². The molecular formula is C21H24N2O4S. The van der Waals surface area contributed by atoms with E-state index in [1.54, 1.807) is 60.3 Å². The van der Waals surface area contributed by atoms with Gasteiger partial charge in [-0.05, 0) is 49.6 Å². The van der Waals surface area contributed by atoms with E-state index in [4.69, 9.17) is 4.74 Å². The summed E-state index contributed by atoms with van der Waals surface area (Å²) in [4.78, 5) is 37.2. The Morgan fingerprint density at radius 3 is 2.21 bits per heavy atom. The molecule has 2 amide bonds. The largest absolute Gasteiger partial charge is 0.451 e. The molecule has 2 atom stereocenters. The van der Waals surface area contributed by atoms with Crippen molar-refractivity contribution < 1.29 is 19.1 Å². The Hall–Kier alpha value is -2.80. The molecular weight excluding hydrogens is 376 g/mol. The molecule has 0 saturated carbocycles. The Morgan fingerprint density at radius 2 is 1.61 bits per heavy atom. The van der Waals surface area contributed by atoms with Gasteiger partial charge < -0.3 is 15.4 Å². The molecule has 0 heterocycles. The fraction of sp³-hybridized carbons (Fsp3) is 0.286. The van der Waals surface area contributed by atoms with Gasteiger partial charge >= 0.3 is 5.97 Å². The molecule has 2 aromatic carbocycles. The van der Waals surface area contributed by atoms with Crippen LogP contribution in [-0.4, -0.2) is 41.9 Å². The fourth-order valence-electron chi connectivity index (χ4n) is 2.39. The lowest BCUT2D eigenvalue weighted by Crippen LogP contribution is -2.44. The zero-order valence-electron chi connectivity index (χ0n) is 15.9. The average Bonchev–Trinajstić information content (AvgIpc) is 2.72. The second kappa shape index (κ2) is 11.1. The van der Waals surface area contributed by atoms with Crippen molar-refractivity contribution >= 4 is 35.2 Å². The minimum Gasteiger partial charge on any atom is -0.451 e. The van der Waals surface area contributed by atoms with Crippen LogP contribution in [0.4, 0.5) is 5.69 Å². The standard InChI is InChI=1S/C21H24N2O4S/c1-15(19(24)22-17-11-7-4-8-12-17)27-21(26)18(13-14-28-2)23-20(25)16-9-5-3-6-10-16/h3-12,15,18H,13-14H2,1-2H3,(H,22,24)(H,23,25)/t15-,18-/m1/s1. The highest BCUT2D eigenvalue weighted by molar-refractivity contribution is 7.98. The number of hydrogen-bond donors (Lipinski definition) is 2. The number of benzene rings is 2. The van der Waals surface area contributed by atoms with Crippen LogP contribution in [0.1, 0.15) is 23.7 Å². The quantitative estimate of drug-likeness (QED) is 0.632. The fourth-order valence-corrected chi connectivity index (χ4v) is 2.86. The topological polar surface area (TPSA) is 84.5 Å². The van der Waals surface area contributed by atoms with Crippen LogP contribution in [0.3, 0.4) is 0 Å². The molecule has 0 unspecified atom stereocenters. The van der Waals surface area contributed by atoms with Gasteiger partial charge in [0, 0.05) is 11.3 Å². The first-order chi connectivity index (χ1) is 13.5. The normalized spacial score (nSPS) is 12.5. The van der Waals surface area contributed by atoms with Crippen molar-refractivity contribution in [1.29, 1.82) is 0 Å². The van der Waals surface area contributed by atoms with E-state index in [2.05, 4.69) is 10.6 Å². The van der Waals surface area contributed by atoms with Gasteiger partial charge in [0.1, 0.15) is 6.04 Å². The van der Waals surface area contributed by atoms with Crippen LogP contribution in [0.25, 0.3) is 0 Å². The first-order valence-corrected chi connectivity index (χ1v) is 10.3. The second-order valence-electron chi connectivity index (χ2n) is 6.11. The van der Waals surface area contributed by atoms with Gasteiger partial charge in [-0.1, -0.05) is 36.4 Å². The van der Waals surface area contributed by atoms with Crippen LogP contribution >= 0.6 is 11.8 Å². The predicted octanol–water partition coefficient (Wildman–Crippen LogP) is 3.11. The number of hydrogen-bond acceptors (Lipinski definition) is 5. The summed E-state index contributed by atoms with van der Waals surface area (Å²) in [7, 11) is 0. The smallest absolute Gasteiger partial charge is 0.329 e. The Kier molecular flexibility index (Phi) is 8.55. The third-order valence-electron chi connectivity index (χ3n) is 3.94.